The molecule has 110 valence electrons. The first kappa shape index (κ1) is 14.7. The van der Waals surface area contributed by atoms with Gasteiger partial charge in [0.1, 0.15) is 17.9 Å². The van der Waals surface area contributed by atoms with Gasteiger partial charge in [-0.3, -0.25) is 4.79 Å². The molecule has 21 heavy (non-hydrogen) atoms. The first-order chi connectivity index (χ1) is 10.2. The number of aromatic nitrogens is 4. The van der Waals surface area contributed by atoms with Crippen molar-refractivity contribution in [3.8, 4) is 12.3 Å². The van der Waals surface area contributed by atoms with Crippen LogP contribution in [0, 0.1) is 12.3 Å². The summed E-state index contributed by atoms with van der Waals surface area (Å²) in [5, 5.41) is 2.70. The number of anilines is 1. The normalized spacial score (nSPS) is 11.9. The zero-order chi connectivity index (χ0) is 15.2. The van der Waals surface area contributed by atoms with Crippen molar-refractivity contribution >= 4 is 22.9 Å². The minimum absolute atomic E-state index is 0.104. The van der Waals surface area contributed by atoms with E-state index in [0.29, 0.717) is 17.0 Å². The average molecular weight is 288 g/mol. The van der Waals surface area contributed by atoms with Crippen LogP contribution in [0.5, 0.6) is 0 Å². The first-order valence-electron chi connectivity index (χ1n) is 6.25. The van der Waals surface area contributed by atoms with E-state index in [1.807, 2.05) is 0 Å². The van der Waals surface area contributed by atoms with Gasteiger partial charge >= 0.3 is 0 Å². The number of carbonyl (C=O) groups is 1. The highest BCUT2D eigenvalue weighted by Gasteiger charge is 2.15. The Morgan fingerprint density at radius 3 is 3.10 bits per heavy atom. The SMILES string of the molecule is C#C[C@@H](COC)NC(=O)CN(C)c1ncnc2nc[nH]c12. The highest BCUT2D eigenvalue weighted by atomic mass is 16.5. The van der Waals surface area contributed by atoms with Gasteiger partial charge in [0.15, 0.2) is 11.5 Å². The summed E-state index contributed by atoms with van der Waals surface area (Å²) in [4.78, 5) is 28.9. The number of carbonyl (C=O) groups excluding carboxylic acids is 1. The van der Waals surface area contributed by atoms with Gasteiger partial charge < -0.3 is 19.9 Å². The minimum Gasteiger partial charge on any atom is -0.382 e. The van der Waals surface area contributed by atoms with Crippen LogP contribution in [0.1, 0.15) is 0 Å². The third kappa shape index (κ3) is 3.46. The number of hydrogen-bond acceptors (Lipinski definition) is 6. The molecule has 0 fully saturated rings. The van der Waals surface area contributed by atoms with Crippen LogP contribution in [0.3, 0.4) is 0 Å². The molecule has 0 aliphatic rings. The van der Waals surface area contributed by atoms with Crippen LogP contribution in [0.2, 0.25) is 0 Å². The number of aromatic amines is 1. The summed E-state index contributed by atoms with van der Waals surface area (Å²) in [7, 11) is 3.28. The van der Waals surface area contributed by atoms with E-state index in [-0.39, 0.29) is 19.1 Å². The minimum atomic E-state index is -0.450. The van der Waals surface area contributed by atoms with Gasteiger partial charge in [-0.05, 0) is 0 Å². The van der Waals surface area contributed by atoms with Crippen molar-refractivity contribution in [2.45, 2.75) is 6.04 Å². The summed E-state index contributed by atoms with van der Waals surface area (Å²) in [6.45, 7) is 0.372. The van der Waals surface area contributed by atoms with Crippen LogP contribution < -0.4 is 10.2 Å². The molecule has 0 bridgehead atoms. The number of methoxy groups -OCH3 is 1. The maximum Gasteiger partial charge on any atom is 0.240 e. The summed E-state index contributed by atoms with van der Waals surface area (Å²) >= 11 is 0. The van der Waals surface area contributed by atoms with Gasteiger partial charge in [-0.1, -0.05) is 5.92 Å². The lowest BCUT2D eigenvalue weighted by molar-refractivity contribution is -0.120. The third-order valence-corrected chi connectivity index (χ3v) is 2.82. The maximum absolute atomic E-state index is 12.0. The number of imidazole rings is 1. The zero-order valence-electron chi connectivity index (χ0n) is 11.8. The molecule has 0 unspecified atom stereocenters. The van der Waals surface area contributed by atoms with E-state index in [2.05, 4.69) is 31.2 Å². The standard InChI is InChI=1S/C13H16N6O2/c1-4-9(6-21-3)18-10(20)5-19(2)13-11-12(15-7-14-11)16-8-17-13/h1,7-9H,5-6H2,2-3H3,(H,18,20)(H,14,15,16,17)/t9-/m0/s1. The largest absolute Gasteiger partial charge is 0.382 e. The van der Waals surface area contributed by atoms with Gasteiger partial charge in [-0.25, -0.2) is 15.0 Å². The molecule has 2 aromatic heterocycles. The summed E-state index contributed by atoms with van der Waals surface area (Å²) in [6, 6.07) is -0.450. The highest BCUT2D eigenvalue weighted by Crippen LogP contribution is 2.17. The Kier molecular flexibility index (Phi) is 4.68. The third-order valence-electron chi connectivity index (χ3n) is 2.82. The molecule has 2 N–H and O–H groups in total. The highest BCUT2D eigenvalue weighted by molar-refractivity contribution is 5.87. The Balaban J connectivity index is 2.04. The topological polar surface area (TPSA) is 96.0 Å². The lowest BCUT2D eigenvalue weighted by Crippen LogP contribution is -2.42. The average Bonchev–Trinajstić information content (AvgIpc) is 2.94. The molecular weight excluding hydrogens is 272 g/mol. The number of rotatable bonds is 6. The lowest BCUT2D eigenvalue weighted by atomic mass is 10.3. The maximum atomic E-state index is 12.0. The molecule has 2 aromatic rings. The monoisotopic (exact) mass is 288 g/mol. The molecule has 0 radical (unpaired) electrons. The van der Waals surface area contributed by atoms with Gasteiger partial charge in [0.05, 0.1) is 19.5 Å². The molecule has 2 rings (SSSR count). The van der Waals surface area contributed by atoms with Crippen LogP contribution in [0.15, 0.2) is 12.7 Å². The van der Waals surface area contributed by atoms with Gasteiger partial charge in [0.25, 0.3) is 0 Å². The first-order valence-corrected chi connectivity index (χ1v) is 6.25. The molecule has 8 heteroatoms. The Bertz CT molecular complexity index is 662. The van der Waals surface area contributed by atoms with Crippen LogP contribution in [0.4, 0.5) is 5.82 Å². The van der Waals surface area contributed by atoms with Crippen molar-refractivity contribution in [3.63, 3.8) is 0 Å². The van der Waals surface area contributed by atoms with E-state index in [1.165, 1.54) is 19.8 Å². The number of hydrogen-bond donors (Lipinski definition) is 2. The number of amides is 1. The Morgan fingerprint density at radius 1 is 1.57 bits per heavy atom. The molecule has 8 nitrogen and oxygen atoms in total. The second kappa shape index (κ2) is 6.67. The number of likely N-dealkylation sites (N-methyl/N-ethyl adjacent to an activating group) is 1. The Hall–Kier alpha value is -2.66. The summed E-state index contributed by atoms with van der Waals surface area (Å²) in [6.07, 6.45) is 8.25. The Labute approximate surface area is 121 Å². The second-order valence-electron chi connectivity index (χ2n) is 4.40. The van der Waals surface area contributed by atoms with Crippen LogP contribution >= 0.6 is 0 Å². The van der Waals surface area contributed by atoms with Gasteiger partial charge in [-0.15, -0.1) is 6.42 Å². The molecule has 0 aromatic carbocycles. The molecule has 0 aliphatic heterocycles. The Morgan fingerprint density at radius 2 is 2.38 bits per heavy atom. The van der Waals surface area contributed by atoms with Gasteiger partial charge in [0.2, 0.25) is 5.91 Å². The quantitative estimate of drug-likeness (QED) is 0.699. The van der Waals surface area contributed by atoms with Crippen LogP contribution in [-0.2, 0) is 9.53 Å². The summed E-state index contributed by atoms with van der Waals surface area (Å²) in [5.41, 5.74) is 1.23. The van der Waals surface area contributed by atoms with Gasteiger partial charge in [-0.2, -0.15) is 0 Å². The number of ether oxygens (including phenoxy) is 1. The van der Waals surface area contributed by atoms with Gasteiger partial charge in [0, 0.05) is 14.2 Å². The van der Waals surface area contributed by atoms with Crippen molar-refractivity contribution in [2.24, 2.45) is 0 Å². The fraction of sp³-hybridized carbons (Fsp3) is 0.385. The van der Waals surface area contributed by atoms with E-state index < -0.39 is 6.04 Å². The molecule has 0 saturated carbocycles. The fourth-order valence-electron chi connectivity index (χ4n) is 1.87. The van der Waals surface area contributed by atoms with Crippen molar-refractivity contribution < 1.29 is 9.53 Å². The van der Waals surface area contributed by atoms with Crippen molar-refractivity contribution in [1.29, 1.82) is 0 Å². The molecule has 1 atom stereocenters. The van der Waals surface area contributed by atoms with E-state index in [9.17, 15) is 4.79 Å². The van der Waals surface area contributed by atoms with Crippen molar-refractivity contribution in [3.05, 3.63) is 12.7 Å². The number of nitrogens with one attached hydrogen (secondary N) is 2. The smallest absolute Gasteiger partial charge is 0.240 e. The second-order valence-corrected chi connectivity index (χ2v) is 4.40. The van der Waals surface area contributed by atoms with Crippen LogP contribution in [-0.4, -0.2) is 59.2 Å². The number of terminal acetylenes is 1. The van der Waals surface area contributed by atoms with Crippen molar-refractivity contribution in [1.82, 2.24) is 25.3 Å². The van der Waals surface area contributed by atoms with E-state index >= 15 is 0 Å². The molecular formula is C13H16N6O2. The van der Waals surface area contributed by atoms with E-state index in [4.69, 9.17) is 11.2 Å². The number of fused-ring (bicyclic) bond motifs is 1. The number of nitrogens with zero attached hydrogens (tertiary/aromatic N) is 4. The fourth-order valence-corrected chi connectivity index (χ4v) is 1.87. The summed E-state index contributed by atoms with van der Waals surface area (Å²) < 4.78 is 4.93. The molecule has 2 heterocycles. The molecule has 0 aliphatic carbocycles. The number of H-pyrrole nitrogens is 1. The van der Waals surface area contributed by atoms with Crippen LogP contribution in [0.25, 0.3) is 11.2 Å². The summed E-state index contributed by atoms with van der Waals surface area (Å²) in [5.74, 6) is 2.83. The molecule has 0 saturated heterocycles. The van der Waals surface area contributed by atoms with E-state index in [0.717, 1.165) is 0 Å². The van der Waals surface area contributed by atoms with Crippen molar-refractivity contribution in [2.75, 3.05) is 32.2 Å². The predicted octanol–water partition coefficient (Wildman–Crippen LogP) is -0.446. The van der Waals surface area contributed by atoms with E-state index in [1.54, 1.807) is 11.9 Å². The molecule has 1 amide bonds. The lowest BCUT2D eigenvalue weighted by Gasteiger charge is -2.19. The molecule has 0 spiro atoms. The predicted molar refractivity (Wildman–Crippen MR) is 77.6 cm³/mol. The zero-order valence-corrected chi connectivity index (χ0v) is 11.8.